The van der Waals surface area contributed by atoms with Crippen LogP contribution >= 0.6 is 0 Å². The lowest BCUT2D eigenvalue weighted by molar-refractivity contribution is 0.0698. The lowest BCUT2D eigenvalue weighted by Gasteiger charge is -2.17. The summed E-state index contributed by atoms with van der Waals surface area (Å²) in [4.78, 5) is 26.2. The van der Waals surface area contributed by atoms with Crippen LogP contribution in [0.2, 0.25) is 0 Å². The maximum Gasteiger partial charge on any atom is 0.337 e. The number of aromatic carboxylic acids is 1. The van der Waals surface area contributed by atoms with E-state index >= 15 is 0 Å². The molecule has 6 heteroatoms. The number of methoxy groups -OCH3 is 1. The van der Waals surface area contributed by atoms with Gasteiger partial charge in [0.25, 0.3) is 0 Å². The zero-order valence-corrected chi connectivity index (χ0v) is 11.5. The molecule has 0 aliphatic rings. The Labute approximate surface area is 116 Å². The number of para-hydroxylation sites is 1. The molecular weight excluding hydrogens is 260 g/mol. The second kappa shape index (κ2) is 5.92. The molecule has 1 aromatic heterocycles. The molecule has 1 atom stereocenters. The SMILES string of the molecule is CCCC(COC)n1c(=O)[nH]c2cccc(C(=O)O)c21. The molecule has 0 amide bonds. The van der Waals surface area contributed by atoms with Gasteiger partial charge in [0, 0.05) is 7.11 Å². The Balaban J connectivity index is 2.70. The van der Waals surface area contributed by atoms with Gasteiger partial charge in [-0.15, -0.1) is 0 Å². The summed E-state index contributed by atoms with van der Waals surface area (Å²) in [7, 11) is 1.57. The van der Waals surface area contributed by atoms with Crippen LogP contribution in [0, 0.1) is 0 Å². The Morgan fingerprint density at radius 2 is 2.25 bits per heavy atom. The van der Waals surface area contributed by atoms with Crippen LogP contribution in [-0.2, 0) is 4.74 Å². The Morgan fingerprint density at radius 3 is 2.85 bits per heavy atom. The number of nitrogens with zero attached hydrogens (tertiary/aromatic N) is 1. The van der Waals surface area contributed by atoms with Gasteiger partial charge in [0.15, 0.2) is 0 Å². The molecule has 20 heavy (non-hydrogen) atoms. The topological polar surface area (TPSA) is 84.3 Å². The van der Waals surface area contributed by atoms with Crippen molar-refractivity contribution in [2.24, 2.45) is 0 Å². The van der Waals surface area contributed by atoms with Crippen molar-refractivity contribution in [3.8, 4) is 0 Å². The molecule has 0 saturated heterocycles. The van der Waals surface area contributed by atoms with E-state index in [2.05, 4.69) is 4.98 Å². The van der Waals surface area contributed by atoms with Gasteiger partial charge in [0.05, 0.1) is 29.2 Å². The maximum atomic E-state index is 12.2. The first-order valence-electron chi connectivity index (χ1n) is 6.55. The first-order chi connectivity index (χ1) is 9.60. The number of aromatic amines is 1. The normalized spacial score (nSPS) is 12.7. The Morgan fingerprint density at radius 1 is 1.50 bits per heavy atom. The van der Waals surface area contributed by atoms with Gasteiger partial charge in [0.2, 0.25) is 0 Å². The quantitative estimate of drug-likeness (QED) is 0.846. The highest BCUT2D eigenvalue weighted by Crippen LogP contribution is 2.22. The van der Waals surface area contributed by atoms with Crippen molar-refractivity contribution in [1.29, 1.82) is 0 Å². The lowest BCUT2D eigenvalue weighted by atomic mass is 10.1. The van der Waals surface area contributed by atoms with E-state index in [1.807, 2.05) is 6.92 Å². The van der Waals surface area contributed by atoms with Crippen LogP contribution in [0.1, 0.15) is 36.2 Å². The number of carbonyl (C=O) groups is 1. The van der Waals surface area contributed by atoms with Crippen molar-refractivity contribution < 1.29 is 14.6 Å². The van der Waals surface area contributed by atoms with Crippen molar-refractivity contribution in [1.82, 2.24) is 9.55 Å². The van der Waals surface area contributed by atoms with E-state index in [0.717, 1.165) is 12.8 Å². The fourth-order valence-corrected chi connectivity index (χ4v) is 2.51. The molecule has 0 spiro atoms. The Hall–Kier alpha value is -2.08. The van der Waals surface area contributed by atoms with Gasteiger partial charge in [-0.25, -0.2) is 9.59 Å². The third-order valence-electron chi connectivity index (χ3n) is 3.31. The minimum atomic E-state index is -1.05. The molecule has 2 aromatic rings. The lowest BCUT2D eigenvalue weighted by Crippen LogP contribution is -2.26. The number of benzene rings is 1. The van der Waals surface area contributed by atoms with Crippen molar-refractivity contribution in [2.75, 3.05) is 13.7 Å². The summed E-state index contributed by atoms with van der Waals surface area (Å²) in [6, 6.07) is 4.66. The average molecular weight is 278 g/mol. The molecule has 0 saturated carbocycles. The Bertz CT molecular complexity index is 665. The molecule has 1 unspecified atom stereocenters. The van der Waals surface area contributed by atoms with E-state index < -0.39 is 5.97 Å². The number of imidazole rings is 1. The highest BCUT2D eigenvalue weighted by Gasteiger charge is 2.21. The van der Waals surface area contributed by atoms with Gasteiger partial charge in [-0.2, -0.15) is 0 Å². The van der Waals surface area contributed by atoms with Gasteiger partial charge in [-0.05, 0) is 18.6 Å². The van der Waals surface area contributed by atoms with E-state index in [1.54, 1.807) is 19.2 Å². The van der Waals surface area contributed by atoms with E-state index in [4.69, 9.17) is 4.74 Å². The van der Waals surface area contributed by atoms with Crippen LogP contribution in [0.25, 0.3) is 11.0 Å². The van der Waals surface area contributed by atoms with Crippen molar-refractivity contribution in [3.63, 3.8) is 0 Å². The fraction of sp³-hybridized carbons (Fsp3) is 0.429. The number of carboxylic acids is 1. The van der Waals surface area contributed by atoms with E-state index in [1.165, 1.54) is 10.6 Å². The number of aromatic nitrogens is 2. The molecule has 0 fully saturated rings. The second-order valence-electron chi connectivity index (χ2n) is 4.70. The summed E-state index contributed by atoms with van der Waals surface area (Å²) in [6.45, 7) is 2.38. The van der Waals surface area contributed by atoms with Gasteiger partial charge >= 0.3 is 11.7 Å². The third-order valence-corrected chi connectivity index (χ3v) is 3.31. The monoisotopic (exact) mass is 278 g/mol. The average Bonchev–Trinajstić information content (AvgIpc) is 2.74. The summed E-state index contributed by atoms with van der Waals surface area (Å²) in [5, 5.41) is 9.30. The van der Waals surface area contributed by atoms with Gasteiger partial charge in [-0.1, -0.05) is 19.4 Å². The molecule has 0 aliphatic heterocycles. The van der Waals surface area contributed by atoms with Crippen LogP contribution in [-0.4, -0.2) is 34.3 Å². The largest absolute Gasteiger partial charge is 0.478 e. The molecule has 2 rings (SSSR count). The van der Waals surface area contributed by atoms with Crippen LogP contribution < -0.4 is 5.69 Å². The molecular formula is C14H18N2O4. The summed E-state index contributed by atoms with van der Waals surface area (Å²) in [5.74, 6) is -1.05. The van der Waals surface area contributed by atoms with Gasteiger partial charge < -0.3 is 14.8 Å². The first kappa shape index (κ1) is 14.3. The smallest absolute Gasteiger partial charge is 0.337 e. The van der Waals surface area contributed by atoms with Crippen LogP contribution in [0.4, 0.5) is 0 Å². The molecule has 6 nitrogen and oxygen atoms in total. The maximum absolute atomic E-state index is 12.2. The van der Waals surface area contributed by atoms with Crippen molar-refractivity contribution in [3.05, 3.63) is 34.2 Å². The zero-order chi connectivity index (χ0) is 14.7. The summed E-state index contributed by atoms with van der Waals surface area (Å²) in [6.07, 6.45) is 1.62. The second-order valence-corrected chi connectivity index (χ2v) is 4.70. The predicted octanol–water partition coefficient (Wildman–Crippen LogP) is 2.02. The molecule has 0 bridgehead atoms. The number of H-pyrrole nitrogens is 1. The van der Waals surface area contributed by atoms with E-state index in [-0.39, 0.29) is 17.3 Å². The summed E-state index contributed by atoms with van der Waals surface area (Å²) in [5.41, 5.74) is 0.787. The van der Waals surface area contributed by atoms with Crippen LogP contribution in [0.15, 0.2) is 23.0 Å². The third kappa shape index (κ3) is 2.46. The van der Waals surface area contributed by atoms with E-state index in [0.29, 0.717) is 17.6 Å². The summed E-state index contributed by atoms with van der Waals surface area (Å²) >= 11 is 0. The molecule has 0 aliphatic carbocycles. The molecule has 0 radical (unpaired) electrons. The number of hydrogen-bond donors (Lipinski definition) is 2. The molecule has 1 aromatic carbocycles. The zero-order valence-electron chi connectivity index (χ0n) is 11.5. The predicted molar refractivity (Wildman–Crippen MR) is 75.3 cm³/mol. The Kier molecular flexibility index (Phi) is 4.24. The molecule has 1 heterocycles. The van der Waals surface area contributed by atoms with E-state index in [9.17, 15) is 14.7 Å². The number of nitrogens with one attached hydrogen (secondary N) is 1. The number of fused-ring (bicyclic) bond motifs is 1. The van der Waals surface area contributed by atoms with Gasteiger partial charge in [0.1, 0.15) is 0 Å². The van der Waals surface area contributed by atoms with Crippen molar-refractivity contribution >= 4 is 17.0 Å². The minimum absolute atomic E-state index is 0.123. The van der Waals surface area contributed by atoms with Crippen LogP contribution in [0.3, 0.4) is 0 Å². The number of hydrogen-bond acceptors (Lipinski definition) is 3. The standard InChI is InChI=1S/C14H18N2O4/c1-3-5-9(8-20-2)16-12-10(13(17)18)6-4-7-11(12)15-14(16)19/h4,6-7,9H,3,5,8H2,1-2H3,(H,15,19)(H,17,18). The highest BCUT2D eigenvalue weighted by atomic mass is 16.5. The molecule has 108 valence electrons. The number of ether oxygens (including phenoxy) is 1. The number of carboxylic acid groups (broad SMARTS) is 1. The van der Waals surface area contributed by atoms with Gasteiger partial charge in [-0.3, -0.25) is 4.57 Å². The number of rotatable bonds is 6. The fourth-order valence-electron chi connectivity index (χ4n) is 2.51. The van der Waals surface area contributed by atoms with Crippen LogP contribution in [0.5, 0.6) is 0 Å². The minimum Gasteiger partial charge on any atom is -0.478 e. The van der Waals surface area contributed by atoms with Crippen molar-refractivity contribution in [2.45, 2.75) is 25.8 Å². The molecule has 2 N–H and O–H groups in total. The summed E-state index contributed by atoms with van der Waals surface area (Å²) < 4.78 is 6.67. The first-order valence-corrected chi connectivity index (χ1v) is 6.55. The highest BCUT2D eigenvalue weighted by molar-refractivity contribution is 6.01.